The Bertz CT molecular complexity index is 430. The highest BCUT2D eigenvalue weighted by molar-refractivity contribution is 5.60. The Hall–Kier alpha value is -1.55. The molecule has 2 heterocycles. The molecule has 0 fully saturated rings. The van der Waals surface area contributed by atoms with E-state index in [4.69, 9.17) is 4.42 Å². The second-order valence-electron chi connectivity index (χ2n) is 3.41. The van der Waals surface area contributed by atoms with Gasteiger partial charge in [-0.3, -0.25) is 4.68 Å². The molecule has 2 aromatic heterocycles. The summed E-state index contributed by atoms with van der Waals surface area (Å²) < 4.78 is 7.21. The molecule has 80 valence electrons. The highest BCUT2D eigenvalue weighted by Gasteiger charge is 2.09. The summed E-state index contributed by atoms with van der Waals surface area (Å²) in [7, 11) is 1.91. The van der Waals surface area contributed by atoms with E-state index in [2.05, 4.69) is 17.3 Å². The maximum atomic E-state index is 5.42. The van der Waals surface area contributed by atoms with Gasteiger partial charge < -0.3 is 9.73 Å². The van der Waals surface area contributed by atoms with Gasteiger partial charge >= 0.3 is 0 Å². The highest BCUT2D eigenvalue weighted by Crippen LogP contribution is 2.22. The van der Waals surface area contributed by atoms with Crippen LogP contribution in [0.25, 0.3) is 11.3 Å². The van der Waals surface area contributed by atoms with Gasteiger partial charge in [-0.25, -0.2) is 0 Å². The first-order valence-electron chi connectivity index (χ1n) is 5.08. The van der Waals surface area contributed by atoms with E-state index in [1.165, 1.54) is 0 Å². The smallest absolute Gasteiger partial charge is 0.126 e. The van der Waals surface area contributed by atoms with Crippen LogP contribution in [0.5, 0.6) is 0 Å². The molecule has 0 radical (unpaired) electrons. The topological polar surface area (TPSA) is 43.0 Å². The van der Waals surface area contributed by atoms with Gasteiger partial charge in [0.05, 0.1) is 18.5 Å². The molecule has 4 heteroatoms. The summed E-state index contributed by atoms with van der Waals surface area (Å²) in [6, 6.07) is 3.94. The number of hydrogen-bond acceptors (Lipinski definition) is 3. The zero-order valence-electron chi connectivity index (χ0n) is 9.03. The Labute approximate surface area is 88.9 Å². The van der Waals surface area contributed by atoms with Crippen molar-refractivity contribution in [1.82, 2.24) is 15.1 Å². The number of hydrogen-bond donors (Lipinski definition) is 1. The van der Waals surface area contributed by atoms with Crippen LogP contribution in [0.4, 0.5) is 0 Å². The summed E-state index contributed by atoms with van der Waals surface area (Å²) in [5, 5.41) is 7.59. The molecule has 0 atom stereocenters. The molecule has 0 saturated heterocycles. The van der Waals surface area contributed by atoms with E-state index in [1.54, 1.807) is 10.9 Å². The Morgan fingerprint density at radius 1 is 1.47 bits per heavy atom. The summed E-state index contributed by atoms with van der Waals surface area (Å²) in [6.07, 6.45) is 3.63. The molecule has 2 aromatic rings. The molecule has 0 bridgehead atoms. The molecule has 0 unspecified atom stereocenters. The summed E-state index contributed by atoms with van der Waals surface area (Å²) in [5.41, 5.74) is 2.02. The predicted octanol–water partition coefficient (Wildman–Crippen LogP) is 1.79. The SMILES string of the molecule is CCNCc1occc1-c1ccn(C)n1. The first kappa shape index (κ1) is 9.98. The van der Waals surface area contributed by atoms with Crippen molar-refractivity contribution < 1.29 is 4.42 Å². The minimum Gasteiger partial charge on any atom is -0.467 e. The van der Waals surface area contributed by atoms with Crippen LogP contribution in [0.1, 0.15) is 12.7 Å². The van der Waals surface area contributed by atoms with Crippen molar-refractivity contribution in [3.05, 3.63) is 30.4 Å². The third-order valence-electron chi connectivity index (χ3n) is 2.27. The van der Waals surface area contributed by atoms with Gasteiger partial charge in [0.25, 0.3) is 0 Å². The van der Waals surface area contributed by atoms with Gasteiger partial charge in [-0.15, -0.1) is 0 Å². The molecule has 1 N–H and O–H groups in total. The van der Waals surface area contributed by atoms with E-state index >= 15 is 0 Å². The Balaban J connectivity index is 2.24. The second-order valence-corrected chi connectivity index (χ2v) is 3.41. The summed E-state index contributed by atoms with van der Waals surface area (Å²) in [6.45, 7) is 3.75. The van der Waals surface area contributed by atoms with Crippen molar-refractivity contribution in [2.24, 2.45) is 7.05 Å². The van der Waals surface area contributed by atoms with Crippen molar-refractivity contribution in [2.75, 3.05) is 6.54 Å². The van der Waals surface area contributed by atoms with Gasteiger partial charge in [-0.2, -0.15) is 5.10 Å². The third kappa shape index (κ3) is 2.10. The molecule has 0 amide bonds. The Morgan fingerprint density at radius 2 is 2.33 bits per heavy atom. The maximum Gasteiger partial charge on any atom is 0.126 e. The van der Waals surface area contributed by atoms with E-state index in [1.807, 2.05) is 25.4 Å². The lowest BCUT2D eigenvalue weighted by molar-refractivity contribution is 0.488. The van der Waals surface area contributed by atoms with Crippen LogP contribution in [-0.4, -0.2) is 16.3 Å². The minimum absolute atomic E-state index is 0.745. The standard InChI is InChI=1S/C11H15N3O/c1-3-12-8-11-9(5-7-15-11)10-4-6-14(2)13-10/h4-7,12H,3,8H2,1-2H3. The van der Waals surface area contributed by atoms with Crippen LogP contribution < -0.4 is 5.32 Å². The molecular formula is C11H15N3O. The molecule has 0 aromatic carbocycles. The molecule has 0 aliphatic heterocycles. The van der Waals surface area contributed by atoms with Gasteiger partial charge in [0.2, 0.25) is 0 Å². The molecule has 0 aliphatic rings. The summed E-state index contributed by atoms with van der Waals surface area (Å²) in [5.74, 6) is 0.940. The first-order chi connectivity index (χ1) is 7.31. The minimum atomic E-state index is 0.745. The van der Waals surface area contributed by atoms with Gasteiger partial charge in [0.15, 0.2) is 0 Å². The van der Waals surface area contributed by atoms with Crippen molar-refractivity contribution in [3.8, 4) is 11.3 Å². The third-order valence-corrected chi connectivity index (χ3v) is 2.27. The molecule has 0 spiro atoms. The zero-order chi connectivity index (χ0) is 10.7. The predicted molar refractivity (Wildman–Crippen MR) is 58.3 cm³/mol. The number of aryl methyl sites for hydroxylation is 1. The Morgan fingerprint density at radius 3 is 3.00 bits per heavy atom. The van der Waals surface area contributed by atoms with Gasteiger partial charge in [0, 0.05) is 18.8 Å². The van der Waals surface area contributed by atoms with Gasteiger partial charge in [-0.1, -0.05) is 6.92 Å². The highest BCUT2D eigenvalue weighted by atomic mass is 16.3. The monoisotopic (exact) mass is 205 g/mol. The van der Waals surface area contributed by atoms with Crippen molar-refractivity contribution in [2.45, 2.75) is 13.5 Å². The quantitative estimate of drug-likeness (QED) is 0.827. The van der Waals surface area contributed by atoms with Gasteiger partial charge in [0.1, 0.15) is 5.76 Å². The maximum absolute atomic E-state index is 5.42. The van der Waals surface area contributed by atoms with Crippen LogP contribution in [-0.2, 0) is 13.6 Å². The summed E-state index contributed by atoms with van der Waals surface area (Å²) >= 11 is 0. The van der Waals surface area contributed by atoms with Gasteiger partial charge in [-0.05, 0) is 18.7 Å². The van der Waals surface area contributed by atoms with Crippen molar-refractivity contribution in [1.29, 1.82) is 0 Å². The molecule has 4 nitrogen and oxygen atoms in total. The van der Waals surface area contributed by atoms with Crippen LogP contribution in [0.3, 0.4) is 0 Å². The second kappa shape index (κ2) is 4.31. The van der Waals surface area contributed by atoms with E-state index < -0.39 is 0 Å². The molecular weight excluding hydrogens is 190 g/mol. The van der Waals surface area contributed by atoms with Crippen LogP contribution >= 0.6 is 0 Å². The summed E-state index contributed by atoms with van der Waals surface area (Å²) in [4.78, 5) is 0. The zero-order valence-corrected chi connectivity index (χ0v) is 9.03. The fraction of sp³-hybridized carbons (Fsp3) is 0.364. The largest absolute Gasteiger partial charge is 0.467 e. The van der Waals surface area contributed by atoms with Crippen LogP contribution in [0, 0.1) is 0 Å². The number of aromatic nitrogens is 2. The van der Waals surface area contributed by atoms with E-state index in [0.29, 0.717) is 0 Å². The number of furan rings is 1. The number of nitrogens with zero attached hydrogens (tertiary/aromatic N) is 2. The van der Waals surface area contributed by atoms with E-state index in [9.17, 15) is 0 Å². The molecule has 0 saturated carbocycles. The van der Waals surface area contributed by atoms with Crippen LogP contribution in [0.2, 0.25) is 0 Å². The lowest BCUT2D eigenvalue weighted by Gasteiger charge is -2.00. The van der Waals surface area contributed by atoms with Crippen molar-refractivity contribution in [3.63, 3.8) is 0 Å². The average molecular weight is 205 g/mol. The number of rotatable bonds is 4. The lowest BCUT2D eigenvalue weighted by Crippen LogP contribution is -2.11. The van der Waals surface area contributed by atoms with Crippen LogP contribution in [0.15, 0.2) is 29.0 Å². The van der Waals surface area contributed by atoms with Crippen molar-refractivity contribution >= 4 is 0 Å². The fourth-order valence-corrected chi connectivity index (χ4v) is 1.50. The van der Waals surface area contributed by atoms with E-state index in [0.717, 1.165) is 30.1 Å². The lowest BCUT2D eigenvalue weighted by atomic mass is 10.2. The van der Waals surface area contributed by atoms with E-state index in [-0.39, 0.29) is 0 Å². The molecule has 2 rings (SSSR count). The molecule has 0 aliphatic carbocycles. The Kier molecular flexibility index (Phi) is 2.87. The normalized spacial score (nSPS) is 10.8. The molecule has 15 heavy (non-hydrogen) atoms. The number of nitrogens with one attached hydrogen (secondary N) is 1. The fourth-order valence-electron chi connectivity index (χ4n) is 1.50. The average Bonchev–Trinajstić information content (AvgIpc) is 2.82. The first-order valence-corrected chi connectivity index (χ1v) is 5.08.